The predicted molar refractivity (Wildman–Crippen MR) is 75.0 cm³/mol. The van der Waals surface area contributed by atoms with Gasteiger partial charge in [-0.15, -0.1) is 0 Å². The van der Waals surface area contributed by atoms with Gasteiger partial charge >= 0.3 is 0 Å². The van der Waals surface area contributed by atoms with Crippen molar-refractivity contribution in [3.8, 4) is 0 Å². The van der Waals surface area contributed by atoms with Crippen LogP contribution in [0.3, 0.4) is 0 Å². The second-order valence-corrected chi connectivity index (χ2v) is 6.03. The molecule has 3 rings (SSSR count). The Hall–Kier alpha value is -1.29. The zero-order valence-electron chi connectivity index (χ0n) is 11.6. The van der Waals surface area contributed by atoms with Crippen LogP contribution < -0.4 is 5.73 Å². The summed E-state index contributed by atoms with van der Waals surface area (Å²) in [5, 5.41) is 0. The van der Waals surface area contributed by atoms with Gasteiger partial charge in [0.2, 0.25) is 0 Å². The van der Waals surface area contributed by atoms with Gasteiger partial charge < -0.3 is 15.2 Å². The van der Waals surface area contributed by atoms with Gasteiger partial charge in [0.05, 0.1) is 0 Å². The van der Waals surface area contributed by atoms with Crippen LogP contribution in [0.15, 0.2) is 18.3 Å². The van der Waals surface area contributed by atoms with E-state index in [1.165, 1.54) is 19.3 Å². The number of hydrogen-bond acceptors (Lipinski definition) is 2. The first-order chi connectivity index (χ1) is 9.20. The zero-order chi connectivity index (χ0) is 13.4. The number of carbonyl (C=O) groups excluding carboxylic acids is 1. The quantitative estimate of drug-likeness (QED) is 0.905. The Morgan fingerprint density at radius 3 is 2.84 bits per heavy atom. The second kappa shape index (κ2) is 5.00. The molecule has 1 aromatic heterocycles. The van der Waals surface area contributed by atoms with Crippen molar-refractivity contribution in [1.29, 1.82) is 0 Å². The van der Waals surface area contributed by atoms with E-state index in [4.69, 9.17) is 5.73 Å². The van der Waals surface area contributed by atoms with E-state index in [0.717, 1.165) is 18.7 Å². The fraction of sp³-hybridized carbons (Fsp3) is 0.667. The largest absolute Gasteiger partial charge is 0.340 e. The molecule has 2 fully saturated rings. The van der Waals surface area contributed by atoms with Crippen molar-refractivity contribution < 1.29 is 4.79 Å². The van der Waals surface area contributed by atoms with Crippen LogP contribution in [0, 0.1) is 5.92 Å². The van der Waals surface area contributed by atoms with Crippen LogP contribution in [0.25, 0.3) is 0 Å². The third kappa shape index (κ3) is 2.18. The lowest BCUT2D eigenvalue weighted by Gasteiger charge is -2.30. The number of nitrogens with zero attached hydrogens (tertiary/aromatic N) is 2. The van der Waals surface area contributed by atoms with Gasteiger partial charge in [-0.25, -0.2) is 0 Å². The monoisotopic (exact) mass is 261 g/mol. The minimum Gasteiger partial charge on any atom is -0.340 e. The molecule has 19 heavy (non-hydrogen) atoms. The Morgan fingerprint density at radius 2 is 2.26 bits per heavy atom. The summed E-state index contributed by atoms with van der Waals surface area (Å²) in [5.74, 6) is 0.645. The summed E-state index contributed by atoms with van der Waals surface area (Å²) < 4.78 is 2.17. The molecule has 2 N–H and O–H groups in total. The summed E-state index contributed by atoms with van der Waals surface area (Å²) in [4.78, 5) is 14.7. The average molecular weight is 261 g/mol. The number of carbonyl (C=O) groups is 1. The first-order valence-corrected chi connectivity index (χ1v) is 7.38. The number of likely N-dealkylation sites (tertiary alicyclic amines) is 1. The van der Waals surface area contributed by atoms with Crippen LogP contribution in [-0.4, -0.2) is 34.5 Å². The molecule has 2 unspecified atom stereocenters. The molecule has 2 atom stereocenters. The van der Waals surface area contributed by atoms with Gasteiger partial charge in [0, 0.05) is 24.8 Å². The van der Waals surface area contributed by atoms with Gasteiger partial charge in [0.15, 0.2) is 0 Å². The summed E-state index contributed by atoms with van der Waals surface area (Å²) >= 11 is 0. The molecule has 1 aliphatic heterocycles. The normalized spacial score (nSPS) is 27.6. The minimum atomic E-state index is 0.181. The van der Waals surface area contributed by atoms with Crippen molar-refractivity contribution in [2.45, 2.75) is 44.7 Å². The predicted octanol–water partition coefficient (Wildman–Crippen LogP) is 2.02. The molecule has 0 spiro atoms. The smallest absolute Gasteiger partial charge is 0.270 e. The maximum absolute atomic E-state index is 12.7. The highest BCUT2D eigenvalue weighted by atomic mass is 16.2. The molecule has 4 nitrogen and oxygen atoms in total. The van der Waals surface area contributed by atoms with Gasteiger partial charge in [-0.2, -0.15) is 0 Å². The molecule has 0 aromatic carbocycles. The molecule has 1 aliphatic carbocycles. The molecule has 2 aliphatic rings. The molecule has 0 radical (unpaired) electrons. The van der Waals surface area contributed by atoms with Crippen molar-refractivity contribution in [3.05, 3.63) is 24.0 Å². The maximum atomic E-state index is 12.7. The van der Waals surface area contributed by atoms with Gasteiger partial charge in [-0.3, -0.25) is 4.79 Å². The van der Waals surface area contributed by atoms with E-state index >= 15 is 0 Å². The minimum absolute atomic E-state index is 0.181. The molecule has 1 aromatic rings. The Morgan fingerprint density at radius 1 is 1.47 bits per heavy atom. The number of aromatic nitrogens is 1. The SMILES string of the molecule is CC1CC(CN)CN1C(=O)c1cccn1C1CCC1. The van der Waals surface area contributed by atoms with E-state index in [2.05, 4.69) is 17.7 Å². The third-order valence-electron chi connectivity index (χ3n) is 4.72. The van der Waals surface area contributed by atoms with E-state index < -0.39 is 0 Å². The lowest BCUT2D eigenvalue weighted by molar-refractivity contribution is 0.0726. The van der Waals surface area contributed by atoms with Gasteiger partial charge in [0.25, 0.3) is 5.91 Å². The first kappa shape index (κ1) is 12.7. The second-order valence-electron chi connectivity index (χ2n) is 6.03. The first-order valence-electron chi connectivity index (χ1n) is 7.38. The van der Waals surface area contributed by atoms with Crippen LogP contribution >= 0.6 is 0 Å². The van der Waals surface area contributed by atoms with E-state index in [0.29, 0.717) is 24.5 Å². The summed E-state index contributed by atoms with van der Waals surface area (Å²) in [7, 11) is 0. The molecule has 2 heterocycles. The molecule has 0 bridgehead atoms. The van der Waals surface area contributed by atoms with Crippen molar-refractivity contribution in [2.24, 2.45) is 11.7 Å². The zero-order valence-corrected chi connectivity index (χ0v) is 11.6. The molecule has 4 heteroatoms. The van der Waals surface area contributed by atoms with Crippen LogP contribution in [0.1, 0.15) is 49.1 Å². The Labute approximate surface area is 114 Å². The Bertz CT molecular complexity index is 464. The molecular weight excluding hydrogens is 238 g/mol. The molecule has 1 saturated carbocycles. The van der Waals surface area contributed by atoms with E-state index in [1.54, 1.807) is 0 Å². The van der Waals surface area contributed by atoms with Crippen LogP contribution in [0.5, 0.6) is 0 Å². The lowest BCUT2D eigenvalue weighted by atomic mass is 9.93. The fourth-order valence-electron chi connectivity index (χ4n) is 3.30. The van der Waals surface area contributed by atoms with Crippen molar-refractivity contribution >= 4 is 5.91 Å². The number of amides is 1. The van der Waals surface area contributed by atoms with Crippen molar-refractivity contribution in [1.82, 2.24) is 9.47 Å². The van der Waals surface area contributed by atoms with E-state index in [1.807, 2.05) is 17.0 Å². The van der Waals surface area contributed by atoms with Crippen LogP contribution in [0.2, 0.25) is 0 Å². The Kier molecular flexibility index (Phi) is 3.35. The lowest BCUT2D eigenvalue weighted by Crippen LogP contribution is -2.36. The standard InChI is InChI=1S/C15H23N3O/c1-11-8-12(9-16)10-18(11)15(19)14-6-3-7-17(14)13-4-2-5-13/h3,6-7,11-13H,2,4-5,8-10,16H2,1H3. The average Bonchev–Trinajstić information content (AvgIpc) is 2.93. The highest BCUT2D eigenvalue weighted by Gasteiger charge is 2.34. The number of nitrogens with two attached hydrogens (primary N) is 1. The van der Waals surface area contributed by atoms with E-state index in [9.17, 15) is 4.79 Å². The van der Waals surface area contributed by atoms with Crippen LogP contribution in [-0.2, 0) is 0 Å². The van der Waals surface area contributed by atoms with Gasteiger partial charge in [-0.05, 0) is 57.2 Å². The summed E-state index contributed by atoms with van der Waals surface area (Å²) in [6.45, 7) is 3.62. The summed E-state index contributed by atoms with van der Waals surface area (Å²) in [5.41, 5.74) is 6.60. The maximum Gasteiger partial charge on any atom is 0.270 e. The summed E-state index contributed by atoms with van der Waals surface area (Å²) in [6.07, 6.45) is 6.78. The van der Waals surface area contributed by atoms with Gasteiger partial charge in [-0.1, -0.05) is 0 Å². The Balaban J connectivity index is 1.78. The molecule has 1 amide bonds. The number of rotatable bonds is 3. The number of hydrogen-bond donors (Lipinski definition) is 1. The van der Waals surface area contributed by atoms with Crippen molar-refractivity contribution in [2.75, 3.05) is 13.1 Å². The fourth-order valence-corrected chi connectivity index (χ4v) is 3.30. The molecular formula is C15H23N3O. The van der Waals surface area contributed by atoms with Crippen molar-refractivity contribution in [3.63, 3.8) is 0 Å². The summed E-state index contributed by atoms with van der Waals surface area (Å²) in [6, 6.07) is 4.80. The molecule has 1 saturated heterocycles. The topological polar surface area (TPSA) is 51.3 Å². The highest BCUT2D eigenvalue weighted by molar-refractivity contribution is 5.93. The van der Waals surface area contributed by atoms with Gasteiger partial charge in [0.1, 0.15) is 5.69 Å². The molecule has 104 valence electrons. The van der Waals surface area contributed by atoms with Crippen LogP contribution in [0.4, 0.5) is 0 Å². The highest BCUT2D eigenvalue weighted by Crippen LogP contribution is 2.33. The van der Waals surface area contributed by atoms with E-state index in [-0.39, 0.29) is 5.91 Å². The third-order valence-corrected chi connectivity index (χ3v) is 4.72.